The SMILES string of the molecule is CCC1(C)NC(=O)CN(CC2CN(C)CCN2C)C1=O. The van der Waals surface area contributed by atoms with Crippen molar-refractivity contribution in [3.8, 4) is 0 Å². The van der Waals surface area contributed by atoms with Crippen LogP contribution in [-0.4, -0.2) is 84.9 Å². The zero-order chi connectivity index (χ0) is 14.9. The molecule has 0 aromatic rings. The van der Waals surface area contributed by atoms with E-state index in [-0.39, 0.29) is 18.4 Å². The summed E-state index contributed by atoms with van der Waals surface area (Å²) in [6.45, 7) is 7.54. The number of hydrogen-bond acceptors (Lipinski definition) is 4. The van der Waals surface area contributed by atoms with Crippen LogP contribution in [0.3, 0.4) is 0 Å². The fraction of sp³-hybridized carbons (Fsp3) is 0.857. The van der Waals surface area contributed by atoms with Crippen LogP contribution >= 0.6 is 0 Å². The number of rotatable bonds is 3. The Morgan fingerprint density at radius 2 is 2.00 bits per heavy atom. The minimum absolute atomic E-state index is 0.0428. The van der Waals surface area contributed by atoms with E-state index in [1.807, 2.05) is 13.8 Å². The van der Waals surface area contributed by atoms with E-state index >= 15 is 0 Å². The lowest BCUT2D eigenvalue weighted by Gasteiger charge is -2.44. The molecule has 114 valence electrons. The highest BCUT2D eigenvalue weighted by molar-refractivity contribution is 5.97. The normalized spacial score (nSPS) is 33.4. The van der Waals surface area contributed by atoms with Crippen molar-refractivity contribution < 1.29 is 9.59 Å². The Labute approximate surface area is 121 Å². The molecule has 2 saturated heterocycles. The molecule has 2 heterocycles. The van der Waals surface area contributed by atoms with Crippen LogP contribution in [0.5, 0.6) is 0 Å². The van der Waals surface area contributed by atoms with Gasteiger partial charge in [-0.2, -0.15) is 0 Å². The van der Waals surface area contributed by atoms with Crippen molar-refractivity contribution in [3.05, 3.63) is 0 Å². The summed E-state index contributed by atoms with van der Waals surface area (Å²) < 4.78 is 0. The number of carbonyl (C=O) groups is 2. The van der Waals surface area contributed by atoms with Gasteiger partial charge < -0.3 is 15.1 Å². The Morgan fingerprint density at radius 1 is 1.30 bits per heavy atom. The Kier molecular flexibility index (Phi) is 4.34. The molecular weight excluding hydrogens is 256 g/mol. The number of amides is 2. The van der Waals surface area contributed by atoms with Crippen LogP contribution < -0.4 is 5.32 Å². The van der Waals surface area contributed by atoms with E-state index in [2.05, 4.69) is 29.2 Å². The maximum atomic E-state index is 12.6. The molecule has 0 spiro atoms. The molecular formula is C14H26N4O2. The molecule has 1 N–H and O–H groups in total. The van der Waals surface area contributed by atoms with Gasteiger partial charge >= 0.3 is 0 Å². The molecule has 2 unspecified atom stereocenters. The van der Waals surface area contributed by atoms with E-state index in [9.17, 15) is 9.59 Å². The van der Waals surface area contributed by atoms with Gasteiger partial charge in [-0.25, -0.2) is 0 Å². The van der Waals surface area contributed by atoms with Gasteiger partial charge in [0.15, 0.2) is 0 Å². The van der Waals surface area contributed by atoms with Gasteiger partial charge in [0, 0.05) is 32.2 Å². The summed E-state index contributed by atoms with van der Waals surface area (Å²) in [6.07, 6.45) is 0.620. The maximum Gasteiger partial charge on any atom is 0.248 e. The van der Waals surface area contributed by atoms with Crippen LogP contribution in [0.25, 0.3) is 0 Å². The summed E-state index contributed by atoms with van der Waals surface area (Å²) in [7, 11) is 4.19. The molecule has 2 aliphatic rings. The second-order valence-corrected chi connectivity index (χ2v) is 6.32. The second kappa shape index (κ2) is 5.69. The minimum atomic E-state index is -0.742. The first-order valence-corrected chi connectivity index (χ1v) is 7.35. The summed E-state index contributed by atoms with van der Waals surface area (Å²) in [4.78, 5) is 30.7. The van der Waals surface area contributed by atoms with Gasteiger partial charge in [-0.3, -0.25) is 14.5 Å². The summed E-state index contributed by atoms with van der Waals surface area (Å²) in [5.41, 5.74) is -0.742. The first-order chi connectivity index (χ1) is 9.35. The number of likely N-dealkylation sites (N-methyl/N-ethyl adjacent to an activating group) is 2. The van der Waals surface area contributed by atoms with Crippen molar-refractivity contribution in [1.29, 1.82) is 0 Å². The molecule has 6 nitrogen and oxygen atoms in total. The zero-order valence-electron chi connectivity index (χ0n) is 13.0. The van der Waals surface area contributed by atoms with Crippen LogP contribution in [0, 0.1) is 0 Å². The third-order valence-corrected chi connectivity index (χ3v) is 4.63. The van der Waals surface area contributed by atoms with Gasteiger partial charge in [-0.1, -0.05) is 6.92 Å². The molecule has 20 heavy (non-hydrogen) atoms. The molecule has 0 aliphatic carbocycles. The fourth-order valence-electron chi connectivity index (χ4n) is 2.93. The molecule has 2 aliphatic heterocycles. The molecule has 0 aromatic heterocycles. The molecule has 2 amide bonds. The number of hydrogen-bond donors (Lipinski definition) is 1. The third-order valence-electron chi connectivity index (χ3n) is 4.63. The summed E-state index contributed by atoms with van der Waals surface area (Å²) in [6, 6.07) is 0.296. The number of nitrogens with one attached hydrogen (secondary N) is 1. The van der Waals surface area contributed by atoms with Crippen LogP contribution in [0.15, 0.2) is 0 Å². The Hall–Kier alpha value is -1.14. The highest BCUT2D eigenvalue weighted by Crippen LogP contribution is 2.19. The van der Waals surface area contributed by atoms with Crippen LogP contribution in [0.1, 0.15) is 20.3 Å². The van der Waals surface area contributed by atoms with Crippen molar-refractivity contribution in [2.75, 3.05) is 46.8 Å². The van der Waals surface area contributed by atoms with E-state index in [1.54, 1.807) is 4.90 Å². The lowest BCUT2D eigenvalue weighted by molar-refractivity contribution is -0.150. The summed E-state index contributed by atoms with van der Waals surface area (Å²) in [5, 5.41) is 2.83. The van der Waals surface area contributed by atoms with Gasteiger partial charge in [0.2, 0.25) is 11.8 Å². The Balaban J connectivity index is 2.07. The first-order valence-electron chi connectivity index (χ1n) is 7.35. The number of nitrogens with zero attached hydrogens (tertiary/aromatic N) is 3. The summed E-state index contributed by atoms with van der Waals surface area (Å²) in [5.74, 6) is -0.0120. The first kappa shape index (κ1) is 15.3. The topological polar surface area (TPSA) is 55.9 Å². The second-order valence-electron chi connectivity index (χ2n) is 6.32. The molecule has 2 rings (SSSR count). The quantitative estimate of drug-likeness (QED) is 0.748. The third kappa shape index (κ3) is 2.96. The van der Waals surface area contributed by atoms with Crippen molar-refractivity contribution in [1.82, 2.24) is 20.0 Å². The largest absolute Gasteiger partial charge is 0.340 e. The van der Waals surface area contributed by atoms with E-state index < -0.39 is 5.54 Å². The van der Waals surface area contributed by atoms with Crippen molar-refractivity contribution in [3.63, 3.8) is 0 Å². The fourth-order valence-corrected chi connectivity index (χ4v) is 2.93. The van der Waals surface area contributed by atoms with Gasteiger partial charge in [0.05, 0.1) is 6.54 Å². The lowest BCUT2D eigenvalue weighted by atomic mass is 9.94. The van der Waals surface area contributed by atoms with Crippen molar-refractivity contribution >= 4 is 11.8 Å². The zero-order valence-corrected chi connectivity index (χ0v) is 13.0. The minimum Gasteiger partial charge on any atom is -0.340 e. The summed E-state index contributed by atoms with van der Waals surface area (Å²) >= 11 is 0. The van der Waals surface area contributed by atoms with E-state index in [4.69, 9.17) is 0 Å². The van der Waals surface area contributed by atoms with Gasteiger partial charge in [-0.15, -0.1) is 0 Å². The monoisotopic (exact) mass is 282 g/mol. The highest BCUT2D eigenvalue weighted by Gasteiger charge is 2.42. The predicted octanol–water partition coefficient (Wildman–Crippen LogP) is -0.641. The molecule has 2 fully saturated rings. The molecule has 2 atom stereocenters. The molecule has 0 radical (unpaired) electrons. The van der Waals surface area contributed by atoms with Gasteiger partial charge in [-0.05, 0) is 27.4 Å². The number of carbonyl (C=O) groups excluding carboxylic acids is 2. The Morgan fingerprint density at radius 3 is 2.65 bits per heavy atom. The highest BCUT2D eigenvalue weighted by atomic mass is 16.2. The van der Waals surface area contributed by atoms with Crippen LogP contribution in [0.2, 0.25) is 0 Å². The Bertz CT molecular complexity index is 401. The molecule has 0 aromatic carbocycles. The predicted molar refractivity (Wildman–Crippen MR) is 77.3 cm³/mol. The van der Waals surface area contributed by atoms with Crippen molar-refractivity contribution in [2.45, 2.75) is 31.8 Å². The smallest absolute Gasteiger partial charge is 0.248 e. The number of piperazine rings is 2. The van der Waals surface area contributed by atoms with Gasteiger partial charge in [0.25, 0.3) is 0 Å². The average molecular weight is 282 g/mol. The van der Waals surface area contributed by atoms with E-state index in [0.717, 1.165) is 19.6 Å². The van der Waals surface area contributed by atoms with Crippen LogP contribution in [-0.2, 0) is 9.59 Å². The standard InChI is InChI=1S/C14H26N4O2/c1-5-14(2)13(20)18(10-12(19)15-14)9-11-8-16(3)6-7-17(11)4/h11H,5-10H2,1-4H3,(H,15,19). The maximum absolute atomic E-state index is 12.6. The lowest BCUT2D eigenvalue weighted by Crippen LogP contribution is -2.67. The van der Waals surface area contributed by atoms with E-state index in [1.165, 1.54) is 0 Å². The molecule has 6 heteroatoms. The van der Waals surface area contributed by atoms with Crippen molar-refractivity contribution in [2.24, 2.45) is 0 Å². The molecule has 0 bridgehead atoms. The van der Waals surface area contributed by atoms with Gasteiger partial charge in [0.1, 0.15) is 5.54 Å². The molecule has 0 saturated carbocycles. The average Bonchev–Trinajstić information content (AvgIpc) is 2.39. The van der Waals surface area contributed by atoms with Crippen LogP contribution in [0.4, 0.5) is 0 Å². The van der Waals surface area contributed by atoms with E-state index in [0.29, 0.717) is 19.0 Å².